The predicted octanol–water partition coefficient (Wildman–Crippen LogP) is 6.12. The molecule has 0 unspecified atom stereocenters. The summed E-state index contributed by atoms with van der Waals surface area (Å²) in [6, 6.07) is 30.0. The van der Waals surface area contributed by atoms with E-state index in [2.05, 4.69) is 99.6 Å². The van der Waals surface area contributed by atoms with Crippen molar-refractivity contribution in [3.05, 3.63) is 96.1 Å². The average Bonchev–Trinajstić information content (AvgIpc) is 3.65. The number of para-hydroxylation sites is 1. The monoisotopic (exact) mass is 530 g/mol. The van der Waals surface area contributed by atoms with E-state index < -0.39 is 5.41 Å². The fourth-order valence-electron chi connectivity index (χ4n) is 7.28. The third kappa shape index (κ3) is 4.37. The second-order valence-corrected chi connectivity index (χ2v) is 11.6. The van der Waals surface area contributed by atoms with E-state index in [1.165, 1.54) is 27.6 Å². The van der Waals surface area contributed by atoms with Gasteiger partial charge in [-0.05, 0) is 72.7 Å². The highest BCUT2D eigenvalue weighted by atomic mass is 16.2. The van der Waals surface area contributed by atoms with Gasteiger partial charge in [0.2, 0.25) is 5.91 Å². The van der Waals surface area contributed by atoms with Gasteiger partial charge in [0, 0.05) is 44.7 Å². The van der Waals surface area contributed by atoms with Crippen molar-refractivity contribution in [3.8, 4) is 11.1 Å². The largest absolute Gasteiger partial charge is 0.354 e. The van der Waals surface area contributed by atoms with Crippen molar-refractivity contribution in [2.45, 2.75) is 37.5 Å². The molecule has 3 heterocycles. The summed E-state index contributed by atoms with van der Waals surface area (Å²) in [5.41, 5.74) is 5.41. The van der Waals surface area contributed by atoms with Gasteiger partial charge >= 0.3 is 0 Å². The van der Waals surface area contributed by atoms with E-state index in [9.17, 15) is 4.79 Å². The molecule has 5 nitrogen and oxygen atoms in total. The summed E-state index contributed by atoms with van der Waals surface area (Å²) >= 11 is 0. The number of likely N-dealkylation sites (tertiary alicyclic amines) is 1. The van der Waals surface area contributed by atoms with Gasteiger partial charge in [0.25, 0.3) is 0 Å². The van der Waals surface area contributed by atoms with E-state index in [0.29, 0.717) is 5.91 Å². The first-order valence-electron chi connectivity index (χ1n) is 15.1. The molecule has 1 aromatic heterocycles. The lowest BCUT2D eigenvalue weighted by Gasteiger charge is -2.36. The van der Waals surface area contributed by atoms with Crippen LogP contribution in [0.1, 0.15) is 43.2 Å². The van der Waals surface area contributed by atoms with Crippen LogP contribution in [0.4, 0.5) is 5.82 Å². The van der Waals surface area contributed by atoms with Crippen molar-refractivity contribution in [1.82, 2.24) is 14.8 Å². The minimum Gasteiger partial charge on any atom is -0.354 e. The van der Waals surface area contributed by atoms with Gasteiger partial charge in [-0.25, -0.2) is 4.98 Å². The number of piperazine rings is 1. The fourth-order valence-corrected chi connectivity index (χ4v) is 7.28. The van der Waals surface area contributed by atoms with Gasteiger partial charge in [0.05, 0.1) is 5.52 Å². The number of unbranched alkanes of at least 4 members (excludes halogenated alkanes) is 1. The zero-order valence-electron chi connectivity index (χ0n) is 23.3. The molecule has 40 heavy (non-hydrogen) atoms. The van der Waals surface area contributed by atoms with Crippen LogP contribution in [0.5, 0.6) is 0 Å². The first-order valence-corrected chi connectivity index (χ1v) is 15.1. The number of carbonyl (C=O) groups is 1. The van der Waals surface area contributed by atoms with Crippen molar-refractivity contribution < 1.29 is 4.79 Å². The molecule has 0 saturated carbocycles. The molecule has 2 aliphatic heterocycles. The van der Waals surface area contributed by atoms with Crippen molar-refractivity contribution in [3.63, 3.8) is 0 Å². The topological polar surface area (TPSA) is 39.7 Å². The molecule has 3 aliphatic rings. The van der Waals surface area contributed by atoms with E-state index >= 15 is 0 Å². The Morgan fingerprint density at radius 2 is 1.35 bits per heavy atom. The highest BCUT2D eigenvalue weighted by Gasteiger charge is 2.50. The third-order valence-electron chi connectivity index (χ3n) is 9.38. The number of pyridine rings is 1. The Balaban J connectivity index is 1.03. The van der Waals surface area contributed by atoms with Crippen LogP contribution in [-0.2, 0) is 10.2 Å². The van der Waals surface area contributed by atoms with Gasteiger partial charge in [-0.2, -0.15) is 0 Å². The summed E-state index contributed by atoms with van der Waals surface area (Å²) in [4.78, 5) is 26.4. The number of aromatic nitrogens is 1. The minimum absolute atomic E-state index is 0.318. The van der Waals surface area contributed by atoms with Gasteiger partial charge < -0.3 is 9.80 Å². The number of nitrogens with zero attached hydrogens (tertiary/aromatic N) is 4. The standard InChI is InChI=1S/C35H38N4O/c40-34(39-21-9-10-22-39)35(30-14-4-2-12-28(30)29-13-3-5-15-31(29)35)19-7-8-20-37-23-25-38(26-24-37)33-18-17-27-11-1-6-16-32(27)36-33/h1-6,11-18H,7-10,19-26H2. The van der Waals surface area contributed by atoms with Crippen LogP contribution in [0.2, 0.25) is 0 Å². The Bertz CT molecular complexity index is 1470. The van der Waals surface area contributed by atoms with Crippen molar-refractivity contribution >= 4 is 22.6 Å². The van der Waals surface area contributed by atoms with Crippen LogP contribution in [0.15, 0.2) is 84.9 Å². The van der Waals surface area contributed by atoms with Gasteiger partial charge in [0.15, 0.2) is 0 Å². The Kier molecular flexibility index (Phi) is 6.76. The lowest BCUT2D eigenvalue weighted by Crippen LogP contribution is -2.47. The third-order valence-corrected chi connectivity index (χ3v) is 9.38. The van der Waals surface area contributed by atoms with Crippen molar-refractivity contribution in [1.29, 1.82) is 0 Å². The maximum Gasteiger partial charge on any atom is 0.237 e. The molecule has 0 atom stereocenters. The number of benzene rings is 3. The number of anilines is 1. The molecule has 5 heteroatoms. The molecular formula is C35H38N4O. The van der Waals surface area contributed by atoms with Crippen LogP contribution < -0.4 is 4.90 Å². The number of carbonyl (C=O) groups excluding carboxylic acids is 1. The lowest BCUT2D eigenvalue weighted by molar-refractivity contribution is -0.135. The lowest BCUT2D eigenvalue weighted by atomic mass is 9.73. The molecule has 0 spiro atoms. The molecule has 2 saturated heterocycles. The van der Waals surface area contributed by atoms with E-state index in [0.717, 1.165) is 89.3 Å². The molecule has 204 valence electrons. The molecule has 3 aromatic carbocycles. The Labute approximate surface area is 237 Å². The van der Waals surface area contributed by atoms with Crippen LogP contribution in [-0.4, -0.2) is 66.5 Å². The summed E-state index contributed by atoms with van der Waals surface area (Å²) in [6.45, 7) is 6.97. The molecular weight excluding hydrogens is 492 g/mol. The molecule has 0 N–H and O–H groups in total. The van der Waals surface area contributed by atoms with Crippen LogP contribution in [0, 0.1) is 0 Å². The Hall–Kier alpha value is -3.70. The summed E-state index contributed by atoms with van der Waals surface area (Å²) < 4.78 is 0. The molecule has 0 radical (unpaired) electrons. The zero-order chi connectivity index (χ0) is 26.9. The summed E-state index contributed by atoms with van der Waals surface area (Å²) in [6.07, 6.45) is 5.25. The zero-order valence-corrected chi connectivity index (χ0v) is 23.3. The smallest absolute Gasteiger partial charge is 0.237 e. The van der Waals surface area contributed by atoms with Crippen LogP contribution >= 0.6 is 0 Å². The Morgan fingerprint density at radius 3 is 2.08 bits per heavy atom. The van der Waals surface area contributed by atoms with Gasteiger partial charge in [0.1, 0.15) is 11.2 Å². The predicted molar refractivity (Wildman–Crippen MR) is 163 cm³/mol. The molecule has 7 rings (SSSR count). The second-order valence-electron chi connectivity index (χ2n) is 11.6. The van der Waals surface area contributed by atoms with E-state index in [4.69, 9.17) is 4.98 Å². The number of hydrogen-bond acceptors (Lipinski definition) is 4. The maximum absolute atomic E-state index is 14.3. The summed E-state index contributed by atoms with van der Waals surface area (Å²) in [5.74, 6) is 1.40. The van der Waals surface area contributed by atoms with Gasteiger partial charge in [-0.1, -0.05) is 73.2 Å². The summed E-state index contributed by atoms with van der Waals surface area (Å²) in [7, 11) is 0. The highest BCUT2D eigenvalue weighted by Crippen LogP contribution is 2.52. The molecule has 1 amide bonds. The van der Waals surface area contributed by atoms with Crippen LogP contribution in [0.3, 0.4) is 0 Å². The fraction of sp³-hybridized carbons (Fsp3) is 0.371. The van der Waals surface area contributed by atoms with E-state index in [-0.39, 0.29) is 0 Å². The minimum atomic E-state index is -0.558. The first-order chi connectivity index (χ1) is 19.7. The normalized spacial score (nSPS) is 18.2. The van der Waals surface area contributed by atoms with E-state index in [1.54, 1.807) is 0 Å². The molecule has 2 fully saturated rings. The molecule has 4 aromatic rings. The molecule has 0 bridgehead atoms. The number of hydrogen-bond donors (Lipinski definition) is 0. The number of rotatable bonds is 7. The number of fused-ring (bicyclic) bond motifs is 4. The quantitative estimate of drug-likeness (QED) is 0.270. The maximum atomic E-state index is 14.3. The van der Waals surface area contributed by atoms with Gasteiger partial charge in [-0.3, -0.25) is 9.69 Å². The summed E-state index contributed by atoms with van der Waals surface area (Å²) in [5, 5.41) is 1.19. The first kappa shape index (κ1) is 25.3. The number of amides is 1. The average molecular weight is 531 g/mol. The molecule has 1 aliphatic carbocycles. The van der Waals surface area contributed by atoms with E-state index in [1.807, 2.05) is 0 Å². The van der Waals surface area contributed by atoms with Crippen LogP contribution in [0.25, 0.3) is 22.0 Å². The second kappa shape index (κ2) is 10.7. The van der Waals surface area contributed by atoms with Crippen molar-refractivity contribution in [2.75, 3.05) is 50.7 Å². The van der Waals surface area contributed by atoms with Gasteiger partial charge in [-0.15, -0.1) is 0 Å². The Morgan fingerprint density at radius 1 is 0.700 bits per heavy atom. The SMILES string of the molecule is O=C(N1CCCC1)C1(CCCCN2CCN(c3ccc4ccccc4n3)CC2)c2ccccc2-c2ccccc21. The highest BCUT2D eigenvalue weighted by molar-refractivity contribution is 6.00. The van der Waals surface area contributed by atoms with Crippen molar-refractivity contribution in [2.24, 2.45) is 0 Å².